The highest BCUT2D eigenvalue weighted by molar-refractivity contribution is 4.85. The van der Waals surface area contributed by atoms with E-state index in [4.69, 9.17) is 5.53 Å². The lowest BCUT2D eigenvalue weighted by atomic mass is 10.1. The van der Waals surface area contributed by atoms with Crippen molar-refractivity contribution in [3.8, 4) is 0 Å². The zero-order chi connectivity index (χ0) is 9.83. The van der Waals surface area contributed by atoms with E-state index in [0.29, 0.717) is 0 Å². The highest BCUT2D eigenvalue weighted by Gasteiger charge is 2.53. The van der Waals surface area contributed by atoms with Crippen molar-refractivity contribution in [1.82, 2.24) is 0 Å². The van der Waals surface area contributed by atoms with Gasteiger partial charge >= 0.3 is 11.8 Å². The van der Waals surface area contributed by atoms with Crippen LogP contribution in [0.15, 0.2) is 5.11 Å². The lowest BCUT2D eigenvalue weighted by Gasteiger charge is -2.23. The van der Waals surface area contributed by atoms with Gasteiger partial charge in [0.15, 0.2) is 0 Å². The van der Waals surface area contributed by atoms with Gasteiger partial charge in [-0.3, -0.25) is 0 Å². The van der Waals surface area contributed by atoms with Gasteiger partial charge < -0.3 is 0 Å². The van der Waals surface area contributed by atoms with E-state index in [2.05, 4.69) is 5.11 Å². The molecule has 0 fully saturated rings. The predicted octanol–water partition coefficient (Wildman–Crippen LogP) is 2.98. The van der Waals surface area contributed by atoms with Crippen molar-refractivity contribution in [2.24, 2.45) is 5.11 Å². The molecule has 0 N–H and O–H groups in total. The molecule has 0 bridgehead atoms. The number of hydrogen-bond acceptors (Lipinski definition) is 1. The number of rotatable bonds is 4. The second kappa shape index (κ2) is 3.62. The molecule has 0 unspecified atom stereocenters. The fraction of sp³-hybridized carbons (Fsp3) is 1.00. The third kappa shape index (κ3) is 2.27. The Morgan fingerprint density at radius 3 is 2.08 bits per heavy atom. The van der Waals surface area contributed by atoms with Gasteiger partial charge in [0.25, 0.3) is 0 Å². The Kier molecular flexibility index (Phi) is 3.33. The maximum absolute atomic E-state index is 12.4. The SMILES string of the molecule is CCC(F)(F)C(F)(F)CN=[N+]=[N-]. The van der Waals surface area contributed by atoms with Crippen molar-refractivity contribution in [2.75, 3.05) is 6.54 Å². The first-order valence-corrected chi connectivity index (χ1v) is 3.14. The molecule has 70 valence electrons. The third-order valence-corrected chi connectivity index (χ3v) is 1.31. The van der Waals surface area contributed by atoms with Crippen molar-refractivity contribution in [1.29, 1.82) is 0 Å². The average Bonchev–Trinajstić information content (AvgIpc) is 2.00. The van der Waals surface area contributed by atoms with Crippen LogP contribution in [-0.2, 0) is 0 Å². The average molecular weight is 185 g/mol. The first-order chi connectivity index (χ1) is 5.37. The topological polar surface area (TPSA) is 48.8 Å². The smallest absolute Gasteiger partial charge is 0.200 e. The van der Waals surface area contributed by atoms with E-state index in [1.807, 2.05) is 4.91 Å². The minimum atomic E-state index is -4.26. The predicted molar refractivity (Wildman–Crippen MR) is 34.2 cm³/mol. The lowest BCUT2D eigenvalue weighted by Crippen LogP contribution is -2.42. The van der Waals surface area contributed by atoms with Crippen LogP contribution < -0.4 is 0 Å². The molecule has 0 saturated carbocycles. The minimum absolute atomic E-state index is 0.935. The Hall–Kier alpha value is -0.970. The number of alkyl halides is 4. The fourth-order valence-corrected chi connectivity index (χ4v) is 0.495. The summed E-state index contributed by atoms with van der Waals surface area (Å²) in [7, 11) is 0. The van der Waals surface area contributed by atoms with Gasteiger partial charge in [-0.05, 0) is 5.53 Å². The van der Waals surface area contributed by atoms with E-state index in [1.165, 1.54) is 0 Å². The second-order valence-corrected chi connectivity index (χ2v) is 2.15. The van der Waals surface area contributed by atoms with Gasteiger partial charge in [0.05, 0.1) is 6.54 Å². The maximum Gasteiger partial charge on any atom is 0.315 e. The summed E-state index contributed by atoms with van der Waals surface area (Å²) in [5.41, 5.74) is 7.65. The highest BCUT2D eigenvalue weighted by atomic mass is 19.3. The van der Waals surface area contributed by atoms with Crippen LogP contribution in [0.5, 0.6) is 0 Å². The molecule has 0 aromatic rings. The summed E-state index contributed by atoms with van der Waals surface area (Å²) in [5, 5.41) is 2.41. The Balaban J connectivity index is 4.47. The normalized spacial score (nSPS) is 12.4. The third-order valence-electron chi connectivity index (χ3n) is 1.31. The lowest BCUT2D eigenvalue weighted by molar-refractivity contribution is -0.203. The van der Waals surface area contributed by atoms with Gasteiger partial charge in [0.1, 0.15) is 0 Å². The zero-order valence-electron chi connectivity index (χ0n) is 6.27. The summed E-state index contributed by atoms with van der Waals surface area (Å²) in [4.78, 5) is 1.98. The summed E-state index contributed by atoms with van der Waals surface area (Å²) < 4.78 is 49.4. The van der Waals surface area contributed by atoms with Crippen LogP contribution in [0, 0.1) is 0 Å². The Morgan fingerprint density at radius 1 is 1.25 bits per heavy atom. The molecule has 3 nitrogen and oxygen atoms in total. The number of nitrogens with zero attached hydrogens (tertiary/aromatic N) is 3. The van der Waals surface area contributed by atoms with Crippen molar-refractivity contribution in [2.45, 2.75) is 25.2 Å². The van der Waals surface area contributed by atoms with Crippen LogP contribution in [0.25, 0.3) is 10.4 Å². The summed E-state index contributed by atoms with van der Waals surface area (Å²) in [6, 6.07) is 0. The summed E-state index contributed by atoms with van der Waals surface area (Å²) in [6.45, 7) is -0.575. The van der Waals surface area contributed by atoms with E-state index in [1.54, 1.807) is 0 Å². The molecule has 0 rings (SSSR count). The maximum atomic E-state index is 12.4. The molecule has 0 aliphatic carbocycles. The van der Waals surface area contributed by atoms with Crippen molar-refractivity contribution >= 4 is 0 Å². The van der Waals surface area contributed by atoms with Gasteiger partial charge in [0, 0.05) is 11.3 Å². The molecule has 0 heterocycles. The van der Waals surface area contributed by atoms with Crippen LogP contribution in [-0.4, -0.2) is 18.4 Å². The number of azide groups is 1. The van der Waals surface area contributed by atoms with E-state index < -0.39 is 24.8 Å². The van der Waals surface area contributed by atoms with Crippen molar-refractivity contribution in [3.05, 3.63) is 10.4 Å². The van der Waals surface area contributed by atoms with Crippen LogP contribution in [0.1, 0.15) is 13.3 Å². The van der Waals surface area contributed by atoms with E-state index in [-0.39, 0.29) is 0 Å². The van der Waals surface area contributed by atoms with Crippen LogP contribution >= 0.6 is 0 Å². The van der Waals surface area contributed by atoms with Crippen LogP contribution in [0.2, 0.25) is 0 Å². The van der Waals surface area contributed by atoms with E-state index >= 15 is 0 Å². The summed E-state index contributed by atoms with van der Waals surface area (Å²) in [5.74, 6) is -8.37. The van der Waals surface area contributed by atoms with Gasteiger partial charge in [0.2, 0.25) is 0 Å². The molecule has 12 heavy (non-hydrogen) atoms. The van der Waals surface area contributed by atoms with Gasteiger partial charge in [-0.25, -0.2) is 0 Å². The molecule has 0 aliphatic rings. The Morgan fingerprint density at radius 2 is 1.75 bits per heavy atom. The van der Waals surface area contributed by atoms with Gasteiger partial charge in [-0.2, -0.15) is 17.6 Å². The van der Waals surface area contributed by atoms with Crippen LogP contribution in [0.3, 0.4) is 0 Å². The largest absolute Gasteiger partial charge is 0.315 e. The second-order valence-electron chi connectivity index (χ2n) is 2.15. The Labute approximate surface area is 66.0 Å². The standard InChI is InChI=1S/C5H7F4N3/c1-2-4(6,7)5(8,9)3-11-12-10/h2-3H2,1H3. The molecule has 0 amide bonds. The number of hydrogen-bond donors (Lipinski definition) is 0. The highest BCUT2D eigenvalue weighted by Crippen LogP contribution is 2.36. The quantitative estimate of drug-likeness (QED) is 0.280. The molecule has 0 radical (unpaired) electrons. The minimum Gasteiger partial charge on any atom is -0.200 e. The molecular weight excluding hydrogens is 178 g/mol. The van der Waals surface area contributed by atoms with Gasteiger partial charge in [-0.15, -0.1) is 0 Å². The molecule has 0 spiro atoms. The first kappa shape index (κ1) is 11.0. The fourth-order valence-electron chi connectivity index (χ4n) is 0.495. The molecule has 0 aromatic carbocycles. The molecule has 0 saturated heterocycles. The summed E-state index contributed by atoms with van der Waals surface area (Å²) >= 11 is 0. The Bertz CT molecular complexity index is 197. The number of halogens is 4. The monoisotopic (exact) mass is 185 g/mol. The van der Waals surface area contributed by atoms with Crippen LogP contribution in [0.4, 0.5) is 17.6 Å². The first-order valence-electron chi connectivity index (χ1n) is 3.14. The van der Waals surface area contributed by atoms with Gasteiger partial charge in [-0.1, -0.05) is 12.0 Å². The molecule has 0 aromatic heterocycles. The van der Waals surface area contributed by atoms with Crippen molar-refractivity contribution < 1.29 is 17.6 Å². The summed E-state index contributed by atoms with van der Waals surface area (Å²) in [6.07, 6.45) is -0.985. The molecule has 0 aliphatic heterocycles. The molecular formula is C5H7F4N3. The van der Waals surface area contributed by atoms with Crippen molar-refractivity contribution in [3.63, 3.8) is 0 Å². The zero-order valence-corrected chi connectivity index (χ0v) is 6.27. The molecule has 0 atom stereocenters. The molecule has 7 heteroatoms. The van der Waals surface area contributed by atoms with E-state index in [9.17, 15) is 17.6 Å². The van der Waals surface area contributed by atoms with E-state index in [0.717, 1.165) is 6.92 Å².